The molecule has 1 aromatic carbocycles. The van der Waals surface area contributed by atoms with Crippen LogP contribution < -0.4 is 11.1 Å². The standard InChI is InChI=1S/C14H16ClFN2O3/c15-8-5-10(12(17)11(16)6-8)13(19)18-9-3-1-7(2-4-9)14(20)21/h5-7,9H,1-4,17H2,(H,18,19)(H,20,21). The lowest BCUT2D eigenvalue weighted by atomic mass is 9.86. The lowest BCUT2D eigenvalue weighted by Crippen LogP contribution is -2.39. The van der Waals surface area contributed by atoms with E-state index in [0.717, 1.165) is 6.07 Å². The highest BCUT2D eigenvalue weighted by atomic mass is 35.5. The first-order valence-corrected chi connectivity index (χ1v) is 7.04. The van der Waals surface area contributed by atoms with Crippen molar-refractivity contribution in [3.05, 3.63) is 28.5 Å². The molecule has 2 rings (SSSR count). The molecule has 21 heavy (non-hydrogen) atoms. The Morgan fingerprint density at radius 3 is 2.48 bits per heavy atom. The van der Waals surface area contributed by atoms with Gasteiger partial charge in [0.2, 0.25) is 0 Å². The molecule has 0 saturated heterocycles. The summed E-state index contributed by atoms with van der Waals surface area (Å²) in [5.41, 5.74) is 5.31. The average molecular weight is 315 g/mol. The Morgan fingerprint density at radius 2 is 1.90 bits per heavy atom. The van der Waals surface area contributed by atoms with Crippen LogP contribution in [0.2, 0.25) is 5.02 Å². The van der Waals surface area contributed by atoms with Crippen LogP contribution in [-0.2, 0) is 4.79 Å². The number of benzene rings is 1. The first kappa shape index (κ1) is 15.6. The molecule has 1 aromatic rings. The number of nitrogens with two attached hydrogens (primary N) is 1. The fraction of sp³-hybridized carbons (Fsp3) is 0.429. The number of nitrogens with one attached hydrogen (secondary N) is 1. The number of carbonyl (C=O) groups is 2. The quantitative estimate of drug-likeness (QED) is 0.747. The van der Waals surface area contributed by atoms with Gasteiger partial charge in [-0.3, -0.25) is 9.59 Å². The normalized spacial score (nSPS) is 21.8. The maximum absolute atomic E-state index is 13.5. The SMILES string of the molecule is Nc1c(F)cc(Cl)cc1C(=O)NC1CCC(C(=O)O)CC1. The number of carboxylic acids is 1. The molecule has 0 spiro atoms. The van der Waals surface area contributed by atoms with Crippen molar-refractivity contribution in [3.8, 4) is 0 Å². The van der Waals surface area contributed by atoms with E-state index in [1.807, 2.05) is 0 Å². The second-order valence-electron chi connectivity index (χ2n) is 5.21. The molecule has 1 aliphatic carbocycles. The van der Waals surface area contributed by atoms with E-state index in [4.69, 9.17) is 22.4 Å². The van der Waals surface area contributed by atoms with Crippen LogP contribution in [0.15, 0.2) is 12.1 Å². The van der Waals surface area contributed by atoms with Crippen LogP contribution in [0.25, 0.3) is 0 Å². The molecule has 0 atom stereocenters. The molecule has 0 aliphatic heterocycles. The number of amides is 1. The molecule has 0 aromatic heterocycles. The maximum atomic E-state index is 13.5. The maximum Gasteiger partial charge on any atom is 0.306 e. The predicted octanol–water partition coefficient (Wildman–Crippen LogP) is 2.43. The van der Waals surface area contributed by atoms with Gasteiger partial charge in [-0.05, 0) is 37.8 Å². The zero-order valence-electron chi connectivity index (χ0n) is 11.2. The monoisotopic (exact) mass is 314 g/mol. The van der Waals surface area contributed by atoms with Crippen molar-refractivity contribution in [1.82, 2.24) is 5.32 Å². The Morgan fingerprint density at radius 1 is 1.29 bits per heavy atom. The first-order chi connectivity index (χ1) is 9.88. The number of carbonyl (C=O) groups excluding carboxylic acids is 1. The minimum absolute atomic E-state index is 0.000332. The van der Waals surface area contributed by atoms with Crippen molar-refractivity contribution in [2.24, 2.45) is 5.92 Å². The Balaban J connectivity index is 2.01. The third-order valence-corrected chi connectivity index (χ3v) is 3.97. The average Bonchev–Trinajstić information content (AvgIpc) is 2.43. The Kier molecular flexibility index (Phi) is 4.67. The molecule has 1 amide bonds. The number of carboxylic acid groups (broad SMARTS) is 1. The molecule has 7 heteroatoms. The highest BCUT2D eigenvalue weighted by molar-refractivity contribution is 6.31. The number of hydrogen-bond donors (Lipinski definition) is 3. The van der Waals surface area contributed by atoms with Crippen LogP contribution in [0.5, 0.6) is 0 Å². The van der Waals surface area contributed by atoms with Crippen LogP contribution in [0.4, 0.5) is 10.1 Å². The minimum atomic E-state index is -0.805. The Bertz CT molecular complexity index is 572. The van der Waals surface area contributed by atoms with E-state index >= 15 is 0 Å². The van der Waals surface area contributed by atoms with E-state index in [9.17, 15) is 14.0 Å². The van der Waals surface area contributed by atoms with Gasteiger partial charge >= 0.3 is 5.97 Å². The molecule has 0 heterocycles. The Hall–Kier alpha value is -1.82. The number of halogens is 2. The van der Waals surface area contributed by atoms with E-state index < -0.39 is 17.7 Å². The predicted molar refractivity (Wildman–Crippen MR) is 76.7 cm³/mol. The molecule has 0 unspecified atom stereocenters. The summed E-state index contributed by atoms with van der Waals surface area (Å²) in [5.74, 6) is -2.39. The van der Waals surface area contributed by atoms with Crippen molar-refractivity contribution < 1.29 is 19.1 Å². The number of hydrogen-bond acceptors (Lipinski definition) is 3. The van der Waals surface area contributed by atoms with Gasteiger partial charge in [0.25, 0.3) is 5.91 Å². The van der Waals surface area contributed by atoms with Crippen molar-refractivity contribution in [2.45, 2.75) is 31.7 Å². The largest absolute Gasteiger partial charge is 0.481 e. The fourth-order valence-electron chi connectivity index (χ4n) is 2.52. The number of nitrogen functional groups attached to an aromatic ring is 1. The molecular weight excluding hydrogens is 299 g/mol. The molecule has 4 N–H and O–H groups in total. The van der Waals surface area contributed by atoms with Gasteiger partial charge in [0.1, 0.15) is 5.82 Å². The smallest absolute Gasteiger partial charge is 0.306 e. The molecule has 0 bridgehead atoms. The lowest BCUT2D eigenvalue weighted by molar-refractivity contribution is -0.142. The summed E-state index contributed by atoms with van der Waals surface area (Å²) in [5, 5.41) is 11.8. The second-order valence-corrected chi connectivity index (χ2v) is 5.65. The first-order valence-electron chi connectivity index (χ1n) is 6.66. The van der Waals surface area contributed by atoms with Gasteiger partial charge in [-0.15, -0.1) is 0 Å². The van der Waals surface area contributed by atoms with E-state index in [-0.39, 0.29) is 28.2 Å². The van der Waals surface area contributed by atoms with Crippen molar-refractivity contribution in [1.29, 1.82) is 0 Å². The zero-order valence-corrected chi connectivity index (χ0v) is 12.0. The number of rotatable bonds is 3. The van der Waals surface area contributed by atoms with E-state index in [0.29, 0.717) is 25.7 Å². The number of aliphatic carboxylic acids is 1. The lowest BCUT2D eigenvalue weighted by Gasteiger charge is -2.27. The van der Waals surface area contributed by atoms with E-state index in [1.54, 1.807) is 0 Å². The van der Waals surface area contributed by atoms with Crippen LogP contribution >= 0.6 is 11.6 Å². The summed E-state index contributed by atoms with van der Waals surface area (Å²) in [6.45, 7) is 0. The summed E-state index contributed by atoms with van der Waals surface area (Å²) < 4.78 is 13.5. The summed E-state index contributed by atoms with van der Waals surface area (Å²) in [4.78, 5) is 23.0. The van der Waals surface area contributed by atoms with Crippen molar-refractivity contribution >= 4 is 29.2 Å². The molecule has 0 radical (unpaired) electrons. The highest BCUT2D eigenvalue weighted by Gasteiger charge is 2.27. The van der Waals surface area contributed by atoms with Crippen LogP contribution in [-0.4, -0.2) is 23.0 Å². The zero-order chi connectivity index (χ0) is 15.6. The van der Waals surface area contributed by atoms with Crippen LogP contribution in [0.3, 0.4) is 0 Å². The summed E-state index contributed by atoms with van der Waals surface area (Å²) in [6, 6.07) is 2.23. The Labute approximate surface area is 126 Å². The van der Waals surface area contributed by atoms with Gasteiger partial charge in [0, 0.05) is 11.1 Å². The third-order valence-electron chi connectivity index (χ3n) is 3.75. The van der Waals surface area contributed by atoms with Gasteiger partial charge in [0.05, 0.1) is 17.2 Å². The van der Waals surface area contributed by atoms with E-state index in [1.165, 1.54) is 6.07 Å². The molecule has 1 fully saturated rings. The summed E-state index contributed by atoms with van der Waals surface area (Å²) >= 11 is 5.72. The van der Waals surface area contributed by atoms with E-state index in [2.05, 4.69) is 5.32 Å². The number of anilines is 1. The van der Waals surface area contributed by atoms with Gasteiger partial charge < -0.3 is 16.2 Å². The van der Waals surface area contributed by atoms with Gasteiger partial charge in [-0.2, -0.15) is 0 Å². The van der Waals surface area contributed by atoms with Crippen molar-refractivity contribution in [2.75, 3.05) is 5.73 Å². The minimum Gasteiger partial charge on any atom is -0.481 e. The summed E-state index contributed by atoms with van der Waals surface area (Å²) in [7, 11) is 0. The van der Waals surface area contributed by atoms with Crippen LogP contribution in [0, 0.1) is 11.7 Å². The molecule has 114 valence electrons. The molecule has 5 nitrogen and oxygen atoms in total. The topological polar surface area (TPSA) is 92.4 Å². The fourth-order valence-corrected chi connectivity index (χ4v) is 2.73. The van der Waals surface area contributed by atoms with Gasteiger partial charge in [0.15, 0.2) is 0 Å². The third kappa shape index (κ3) is 3.64. The molecule has 1 aliphatic rings. The molecular formula is C14H16ClFN2O3. The van der Waals surface area contributed by atoms with Gasteiger partial charge in [-0.25, -0.2) is 4.39 Å². The van der Waals surface area contributed by atoms with Crippen molar-refractivity contribution in [3.63, 3.8) is 0 Å². The van der Waals surface area contributed by atoms with Gasteiger partial charge in [-0.1, -0.05) is 11.6 Å². The second kappa shape index (κ2) is 6.30. The highest BCUT2D eigenvalue weighted by Crippen LogP contribution is 2.26. The van der Waals surface area contributed by atoms with Crippen LogP contribution in [0.1, 0.15) is 36.0 Å². The molecule has 1 saturated carbocycles. The summed E-state index contributed by atoms with van der Waals surface area (Å²) in [6.07, 6.45) is 2.18.